The van der Waals surface area contributed by atoms with E-state index in [-0.39, 0.29) is 23.5 Å². The van der Waals surface area contributed by atoms with E-state index in [1.165, 1.54) is 11.8 Å². The van der Waals surface area contributed by atoms with E-state index in [1.54, 1.807) is 18.2 Å². The van der Waals surface area contributed by atoms with Gasteiger partial charge in [0.25, 0.3) is 0 Å². The molecule has 114 valence electrons. The lowest BCUT2D eigenvalue weighted by Gasteiger charge is -2.12. The first-order chi connectivity index (χ1) is 9.92. The molecule has 21 heavy (non-hydrogen) atoms. The molecule has 2 N–H and O–H groups in total. The Labute approximate surface area is 137 Å². The van der Waals surface area contributed by atoms with E-state index in [9.17, 15) is 9.59 Å². The van der Waals surface area contributed by atoms with Gasteiger partial charge in [-0.05, 0) is 36.1 Å². The second-order valence-electron chi connectivity index (χ2n) is 5.21. The van der Waals surface area contributed by atoms with Crippen LogP contribution in [0.3, 0.4) is 0 Å². The van der Waals surface area contributed by atoms with Crippen LogP contribution in [0.1, 0.15) is 19.3 Å². The number of aliphatic carboxylic acids is 1. The van der Waals surface area contributed by atoms with Crippen molar-refractivity contribution in [2.24, 2.45) is 5.41 Å². The average Bonchev–Trinajstić information content (AvgIpc) is 3.13. The van der Waals surface area contributed by atoms with E-state index >= 15 is 0 Å². The van der Waals surface area contributed by atoms with E-state index in [1.807, 2.05) is 0 Å². The Bertz CT molecular complexity index is 541. The number of benzene rings is 1. The summed E-state index contributed by atoms with van der Waals surface area (Å²) < 4.78 is 0. The predicted octanol–water partition coefficient (Wildman–Crippen LogP) is 3.92. The van der Waals surface area contributed by atoms with Crippen LogP contribution in [-0.4, -0.2) is 28.5 Å². The zero-order valence-electron chi connectivity index (χ0n) is 11.2. The minimum Gasteiger partial charge on any atom is -0.481 e. The summed E-state index contributed by atoms with van der Waals surface area (Å²) in [7, 11) is 0. The van der Waals surface area contributed by atoms with Gasteiger partial charge in [0.1, 0.15) is 0 Å². The molecule has 0 saturated heterocycles. The Morgan fingerprint density at radius 3 is 2.43 bits per heavy atom. The first-order valence-electron chi connectivity index (χ1n) is 6.45. The standard InChI is InChI=1S/C14H15Cl2NO3S/c15-9-2-1-3-10(16)13(9)17-11(18)7-21-8-14(4-5-14)6-12(19)20/h1-3H,4-8H2,(H,17,18)(H,19,20). The highest BCUT2D eigenvalue weighted by Gasteiger charge is 2.44. The van der Waals surface area contributed by atoms with Gasteiger partial charge in [-0.15, -0.1) is 0 Å². The lowest BCUT2D eigenvalue weighted by molar-refractivity contribution is -0.138. The quantitative estimate of drug-likeness (QED) is 0.784. The maximum absolute atomic E-state index is 11.9. The summed E-state index contributed by atoms with van der Waals surface area (Å²) >= 11 is 13.4. The molecule has 0 aliphatic heterocycles. The number of carbonyl (C=O) groups excluding carboxylic acids is 1. The average molecular weight is 348 g/mol. The molecule has 0 atom stereocenters. The Hall–Kier alpha value is -0.910. The SMILES string of the molecule is O=C(O)CC1(CSCC(=O)Nc2c(Cl)cccc2Cl)CC1. The number of thioether (sulfide) groups is 1. The Morgan fingerprint density at radius 1 is 1.29 bits per heavy atom. The molecule has 1 fully saturated rings. The number of rotatable bonds is 7. The maximum atomic E-state index is 11.9. The van der Waals surface area contributed by atoms with Crippen LogP contribution in [0.25, 0.3) is 0 Å². The number of hydrogen-bond acceptors (Lipinski definition) is 3. The number of carboxylic acids is 1. The van der Waals surface area contributed by atoms with Gasteiger partial charge in [-0.25, -0.2) is 0 Å². The summed E-state index contributed by atoms with van der Waals surface area (Å²) in [6.07, 6.45) is 2.02. The molecule has 0 heterocycles. The normalized spacial score (nSPS) is 15.5. The summed E-state index contributed by atoms with van der Waals surface area (Å²) in [5.74, 6) is -0.0344. The Kier molecular flexibility index (Phi) is 5.41. The second kappa shape index (κ2) is 6.90. The highest BCUT2D eigenvalue weighted by atomic mass is 35.5. The molecule has 1 saturated carbocycles. The predicted molar refractivity (Wildman–Crippen MR) is 86.3 cm³/mol. The van der Waals surface area contributed by atoms with Gasteiger partial charge in [0, 0.05) is 0 Å². The van der Waals surface area contributed by atoms with Gasteiger partial charge >= 0.3 is 5.97 Å². The minimum absolute atomic E-state index is 0.112. The molecule has 0 aromatic heterocycles. The summed E-state index contributed by atoms with van der Waals surface area (Å²) in [5, 5.41) is 12.3. The van der Waals surface area contributed by atoms with Gasteiger partial charge < -0.3 is 10.4 Å². The fourth-order valence-electron chi connectivity index (χ4n) is 2.02. The van der Waals surface area contributed by atoms with Gasteiger partial charge in [0.15, 0.2) is 0 Å². The highest BCUT2D eigenvalue weighted by molar-refractivity contribution is 8.00. The summed E-state index contributed by atoms with van der Waals surface area (Å²) in [4.78, 5) is 22.6. The zero-order chi connectivity index (χ0) is 15.5. The number of anilines is 1. The van der Waals surface area contributed by atoms with Crippen molar-refractivity contribution in [1.29, 1.82) is 0 Å². The molecular weight excluding hydrogens is 333 g/mol. The van der Waals surface area contributed by atoms with Crippen molar-refractivity contribution in [2.75, 3.05) is 16.8 Å². The van der Waals surface area contributed by atoms with E-state index in [0.29, 0.717) is 21.5 Å². The molecule has 0 bridgehead atoms. The third-order valence-corrected chi connectivity index (χ3v) is 5.26. The number of halogens is 2. The van der Waals surface area contributed by atoms with Gasteiger partial charge in [-0.3, -0.25) is 9.59 Å². The van der Waals surface area contributed by atoms with Crippen molar-refractivity contribution in [1.82, 2.24) is 0 Å². The highest BCUT2D eigenvalue weighted by Crippen LogP contribution is 2.51. The second-order valence-corrected chi connectivity index (χ2v) is 7.01. The van der Waals surface area contributed by atoms with Gasteiger partial charge in [0.05, 0.1) is 27.9 Å². The van der Waals surface area contributed by atoms with Crippen LogP contribution in [-0.2, 0) is 9.59 Å². The maximum Gasteiger partial charge on any atom is 0.303 e. The molecule has 1 aliphatic rings. The monoisotopic (exact) mass is 347 g/mol. The van der Waals surface area contributed by atoms with Crippen molar-refractivity contribution in [2.45, 2.75) is 19.3 Å². The fourth-order valence-corrected chi connectivity index (χ4v) is 3.70. The van der Waals surface area contributed by atoms with Crippen molar-refractivity contribution in [3.05, 3.63) is 28.2 Å². The fraction of sp³-hybridized carbons (Fsp3) is 0.429. The number of para-hydroxylation sites is 1. The molecule has 0 spiro atoms. The lowest BCUT2D eigenvalue weighted by atomic mass is 10.1. The van der Waals surface area contributed by atoms with E-state index < -0.39 is 5.97 Å². The molecule has 7 heteroatoms. The molecule has 0 radical (unpaired) electrons. The molecule has 1 aromatic rings. The number of hydrogen-bond donors (Lipinski definition) is 2. The first-order valence-corrected chi connectivity index (χ1v) is 8.36. The number of nitrogens with one attached hydrogen (secondary N) is 1. The molecule has 0 unspecified atom stereocenters. The van der Waals surface area contributed by atoms with Crippen LogP contribution < -0.4 is 5.32 Å². The van der Waals surface area contributed by atoms with E-state index in [4.69, 9.17) is 28.3 Å². The molecular formula is C14H15Cl2NO3S. The van der Waals surface area contributed by atoms with Gasteiger partial charge in [0.2, 0.25) is 5.91 Å². The largest absolute Gasteiger partial charge is 0.481 e. The van der Waals surface area contributed by atoms with Gasteiger partial charge in [-0.2, -0.15) is 11.8 Å². The first kappa shape index (κ1) is 16.5. The molecule has 1 aliphatic carbocycles. The molecule has 1 amide bonds. The van der Waals surface area contributed by atoms with Crippen molar-refractivity contribution in [3.8, 4) is 0 Å². The number of carbonyl (C=O) groups is 2. The van der Waals surface area contributed by atoms with E-state index in [2.05, 4.69) is 5.32 Å². The summed E-state index contributed by atoms with van der Waals surface area (Å²) in [6, 6.07) is 5.02. The third-order valence-electron chi connectivity index (χ3n) is 3.35. The van der Waals surface area contributed by atoms with Crippen LogP contribution in [0, 0.1) is 5.41 Å². The molecule has 2 rings (SSSR count). The minimum atomic E-state index is -0.777. The van der Waals surface area contributed by atoms with Crippen molar-refractivity contribution in [3.63, 3.8) is 0 Å². The van der Waals surface area contributed by atoms with Crippen LogP contribution >= 0.6 is 35.0 Å². The van der Waals surface area contributed by atoms with Gasteiger partial charge in [-0.1, -0.05) is 29.3 Å². The van der Waals surface area contributed by atoms with Crippen LogP contribution in [0.5, 0.6) is 0 Å². The lowest BCUT2D eigenvalue weighted by Crippen LogP contribution is -2.17. The van der Waals surface area contributed by atoms with Crippen LogP contribution in [0.15, 0.2) is 18.2 Å². The Morgan fingerprint density at radius 2 is 1.90 bits per heavy atom. The summed E-state index contributed by atoms with van der Waals surface area (Å²) in [6.45, 7) is 0. The zero-order valence-corrected chi connectivity index (χ0v) is 13.5. The molecule has 4 nitrogen and oxygen atoms in total. The van der Waals surface area contributed by atoms with Crippen molar-refractivity contribution >= 4 is 52.5 Å². The number of carboxylic acid groups (broad SMARTS) is 1. The van der Waals surface area contributed by atoms with Crippen LogP contribution in [0.4, 0.5) is 5.69 Å². The third kappa shape index (κ3) is 4.80. The smallest absolute Gasteiger partial charge is 0.303 e. The van der Waals surface area contributed by atoms with E-state index in [0.717, 1.165) is 12.8 Å². The molecule has 1 aromatic carbocycles. The van der Waals surface area contributed by atoms with Crippen molar-refractivity contribution < 1.29 is 14.7 Å². The number of amides is 1. The summed E-state index contributed by atoms with van der Waals surface area (Å²) in [5.41, 5.74) is 0.303. The van der Waals surface area contributed by atoms with Crippen LogP contribution in [0.2, 0.25) is 10.0 Å². The topological polar surface area (TPSA) is 66.4 Å². The Balaban J connectivity index is 1.79.